The van der Waals surface area contributed by atoms with Crippen molar-refractivity contribution in [2.24, 2.45) is 4.99 Å². The summed E-state index contributed by atoms with van der Waals surface area (Å²) in [5, 5.41) is 11.1. The number of amides is 1. The van der Waals surface area contributed by atoms with E-state index in [9.17, 15) is 14.9 Å². The molecule has 0 aliphatic heterocycles. The SMILES string of the molecule is C=CCn1c(=NC(=O)Cc2ccc(C(C)C)cc2)sc2ccc([N+](=O)[O-])cc21. The Bertz CT molecular complexity index is 1110. The van der Waals surface area contributed by atoms with Crippen LogP contribution in [0.1, 0.15) is 30.9 Å². The molecule has 0 bridgehead atoms. The number of thiazole rings is 1. The first-order valence-electron chi connectivity index (χ1n) is 8.94. The molecule has 0 atom stereocenters. The van der Waals surface area contributed by atoms with E-state index in [1.807, 2.05) is 24.3 Å². The molecule has 0 saturated heterocycles. The second-order valence-electron chi connectivity index (χ2n) is 6.77. The van der Waals surface area contributed by atoms with E-state index < -0.39 is 4.92 Å². The van der Waals surface area contributed by atoms with Crippen molar-refractivity contribution in [3.8, 4) is 0 Å². The zero-order chi connectivity index (χ0) is 20.3. The number of nitrogens with zero attached hydrogens (tertiary/aromatic N) is 3. The monoisotopic (exact) mass is 395 g/mol. The summed E-state index contributed by atoms with van der Waals surface area (Å²) >= 11 is 1.33. The fraction of sp³-hybridized carbons (Fsp3) is 0.238. The van der Waals surface area contributed by atoms with E-state index >= 15 is 0 Å². The Kier molecular flexibility index (Phi) is 5.84. The highest BCUT2D eigenvalue weighted by molar-refractivity contribution is 7.16. The molecular weight excluding hydrogens is 374 g/mol. The number of non-ortho nitro benzene ring substituents is 1. The number of carbonyl (C=O) groups is 1. The fourth-order valence-corrected chi connectivity index (χ4v) is 3.94. The number of fused-ring (bicyclic) bond motifs is 1. The van der Waals surface area contributed by atoms with Crippen LogP contribution in [0.5, 0.6) is 0 Å². The Hall–Kier alpha value is -3.06. The van der Waals surface area contributed by atoms with Gasteiger partial charge in [0.05, 0.1) is 21.6 Å². The standard InChI is InChI=1S/C21H21N3O3S/c1-4-11-23-18-13-17(24(26)27)9-10-19(18)28-21(23)22-20(25)12-15-5-7-16(8-6-15)14(2)3/h4-10,13-14H,1,11-12H2,2-3H3. The summed E-state index contributed by atoms with van der Waals surface area (Å²) in [6.45, 7) is 8.40. The maximum absolute atomic E-state index is 12.5. The number of carbonyl (C=O) groups excluding carboxylic acids is 1. The van der Waals surface area contributed by atoms with E-state index in [1.54, 1.807) is 16.7 Å². The zero-order valence-corrected chi connectivity index (χ0v) is 16.6. The van der Waals surface area contributed by atoms with E-state index in [2.05, 4.69) is 25.4 Å². The molecule has 1 heterocycles. The third-order valence-corrected chi connectivity index (χ3v) is 5.47. The molecule has 1 amide bonds. The Morgan fingerprint density at radius 3 is 2.61 bits per heavy atom. The summed E-state index contributed by atoms with van der Waals surface area (Å²) in [5.74, 6) is 0.186. The minimum atomic E-state index is -0.432. The van der Waals surface area contributed by atoms with E-state index in [0.29, 0.717) is 22.8 Å². The van der Waals surface area contributed by atoms with Crippen LogP contribution in [0.4, 0.5) is 5.69 Å². The van der Waals surface area contributed by atoms with Crippen LogP contribution in [0.25, 0.3) is 10.2 Å². The Labute approximate surface area is 166 Å². The predicted molar refractivity (Wildman–Crippen MR) is 111 cm³/mol. The van der Waals surface area contributed by atoms with Crippen LogP contribution in [0.3, 0.4) is 0 Å². The fourth-order valence-electron chi connectivity index (χ4n) is 2.90. The van der Waals surface area contributed by atoms with Crippen LogP contribution in [0.2, 0.25) is 0 Å². The summed E-state index contributed by atoms with van der Waals surface area (Å²) in [5.41, 5.74) is 2.81. The molecule has 6 nitrogen and oxygen atoms in total. The van der Waals surface area contributed by atoms with Crippen molar-refractivity contribution in [2.75, 3.05) is 0 Å². The van der Waals surface area contributed by atoms with Gasteiger partial charge in [0.2, 0.25) is 0 Å². The van der Waals surface area contributed by atoms with Gasteiger partial charge in [-0.05, 0) is 23.1 Å². The minimum Gasteiger partial charge on any atom is -0.312 e. The van der Waals surface area contributed by atoms with Crippen LogP contribution in [0.15, 0.2) is 60.1 Å². The predicted octanol–water partition coefficient (Wildman–Crippen LogP) is 4.59. The molecule has 0 radical (unpaired) electrons. The van der Waals surface area contributed by atoms with Crippen molar-refractivity contribution >= 4 is 33.1 Å². The van der Waals surface area contributed by atoms with Crippen LogP contribution in [-0.4, -0.2) is 15.4 Å². The molecule has 0 saturated carbocycles. The molecule has 0 aliphatic rings. The molecular formula is C21H21N3O3S. The first-order chi connectivity index (χ1) is 13.4. The molecule has 2 aromatic carbocycles. The lowest BCUT2D eigenvalue weighted by Gasteiger charge is -2.05. The average Bonchev–Trinajstić information content (AvgIpc) is 2.98. The van der Waals surface area contributed by atoms with Crippen molar-refractivity contribution in [2.45, 2.75) is 32.7 Å². The van der Waals surface area contributed by atoms with Gasteiger partial charge < -0.3 is 4.57 Å². The molecule has 0 N–H and O–H groups in total. The number of hydrogen-bond acceptors (Lipinski definition) is 4. The molecule has 28 heavy (non-hydrogen) atoms. The summed E-state index contributed by atoms with van der Waals surface area (Å²) in [6.07, 6.45) is 1.89. The number of nitro groups is 1. The molecule has 3 aromatic rings. The van der Waals surface area contributed by atoms with Crippen molar-refractivity contribution < 1.29 is 9.72 Å². The van der Waals surface area contributed by atoms with Gasteiger partial charge in [0.15, 0.2) is 4.80 Å². The number of hydrogen-bond donors (Lipinski definition) is 0. The molecule has 7 heteroatoms. The maximum atomic E-state index is 12.5. The first kappa shape index (κ1) is 19.7. The van der Waals surface area contributed by atoms with Gasteiger partial charge in [-0.25, -0.2) is 0 Å². The lowest BCUT2D eigenvalue weighted by Crippen LogP contribution is -2.17. The number of allylic oxidation sites excluding steroid dienone is 1. The Balaban J connectivity index is 1.95. The third kappa shape index (κ3) is 4.26. The van der Waals surface area contributed by atoms with Crippen LogP contribution >= 0.6 is 11.3 Å². The largest absolute Gasteiger partial charge is 0.312 e. The van der Waals surface area contributed by atoms with E-state index in [1.165, 1.54) is 29.0 Å². The lowest BCUT2D eigenvalue weighted by atomic mass is 10.0. The van der Waals surface area contributed by atoms with Crippen LogP contribution in [-0.2, 0) is 17.8 Å². The molecule has 0 spiro atoms. The third-order valence-electron chi connectivity index (χ3n) is 4.41. The zero-order valence-electron chi connectivity index (χ0n) is 15.8. The Morgan fingerprint density at radius 2 is 2.00 bits per heavy atom. The van der Waals surface area contributed by atoms with Gasteiger partial charge in [0.25, 0.3) is 11.6 Å². The normalized spacial score (nSPS) is 11.9. The smallest absolute Gasteiger partial charge is 0.271 e. The summed E-state index contributed by atoms with van der Waals surface area (Å²) in [6, 6.07) is 12.6. The van der Waals surface area contributed by atoms with Gasteiger partial charge in [-0.2, -0.15) is 4.99 Å². The average molecular weight is 395 g/mol. The van der Waals surface area contributed by atoms with Crippen LogP contribution in [0, 0.1) is 10.1 Å². The molecule has 0 fully saturated rings. The quantitative estimate of drug-likeness (QED) is 0.348. The van der Waals surface area contributed by atoms with E-state index in [4.69, 9.17) is 0 Å². The number of aromatic nitrogens is 1. The molecule has 1 aromatic heterocycles. The number of benzene rings is 2. The number of rotatable bonds is 6. The topological polar surface area (TPSA) is 77.5 Å². The summed E-state index contributed by atoms with van der Waals surface area (Å²) < 4.78 is 2.61. The van der Waals surface area contributed by atoms with Gasteiger partial charge in [0, 0.05) is 18.7 Å². The molecule has 3 rings (SSSR count). The van der Waals surface area contributed by atoms with E-state index in [0.717, 1.165) is 10.3 Å². The van der Waals surface area contributed by atoms with Crippen molar-refractivity contribution in [3.05, 3.63) is 81.2 Å². The highest BCUT2D eigenvalue weighted by Gasteiger charge is 2.12. The first-order valence-corrected chi connectivity index (χ1v) is 9.75. The van der Waals surface area contributed by atoms with Gasteiger partial charge >= 0.3 is 0 Å². The van der Waals surface area contributed by atoms with Crippen molar-refractivity contribution in [1.82, 2.24) is 4.57 Å². The van der Waals surface area contributed by atoms with Gasteiger partial charge in [-0.3, -0.25) is 14.9 Å². The molecule has 0 unspecified atom stereocenters. The lowest BCUT2D eigenvalue weighted by molar-refractivity contribution is -0.384. The Morgan fingerprint density at radius 1 is 1.29 bits per heavy atom. The van der Waals surface area contributed by atoms with Crippen LogP contribution < -0.4 is 4.80 Å². The summed E-state index contributed by atoms with van der Waals surface area (Å²) in [4.78, 5) is 27.9. The minimum absolute atomic E-state index is 0.00577. The van der Waals surface area contributed by atoms with Crippen molar-refractivity contribution in [3.63, 3.8) is 0 Å². The van der Waals surface area contributed by atoms with Crippen molar-refractivity contribution in [1.29, 1.82) is 0 Å². The highest BCUT2D eigenvalue weighted by Crippen LogP contribution is 2.23. The molecule has 144 valence electrons. The second-order valence-corrected chi connectivity index (χ2v) is 7.78. The van der Waals surface area contributed by atoms with E-state index in [-0.39, 0.29) is 18.0 Å². The second kappa shape index (κ2) is 8.31. The summed E-state index contributed by atoms with van der Waals surface area (Å²) in [7, 11) is 0. The van der Waals surface area contributed by atoms with Gasteiger partial charge in [-0.1, -0.05) is 55.5 Å². The van der Waals surface area contributed by atoms with Gasteiger partial charge in [0.1, 0.15) is 0 Å². The molecule has 0 aliphatic carbocycles. The highest BCUT2D eigenvalue weighted by atomic mass is 32.1. The van der Waals surface area contributed by atoms with Gasteiger partial charge in [-0.15, -0.1) is 6.58 Å². The number of nitro benzene ring substituents is 1. The maximum Gasteiger partial charge on any atom is 0.271 e.